The van der Waals surface area contributed by atoms with E-state index in [0.717, 1.165) is 0 Å². The van der Waals surface area contributed by atoms with Crippen LogP contribution in [0.15, 0.2) is 54.9 Å². The van der Waals surface area contributed by atoms with Gasteiger partial charge in [0.25, 0.3) is 5.91 Å². The fourth-order valence-corrected chi connectivity index (χ4v) is 2.19. The number of carbonyl (C=O) groups excluding carboxylic acids is 1. The van der Waals surface area contributed by atoms with Crippen molar-refractivity contribution < 1.29 is 14.5 Å². The van der Waals surface area contributed by atoms with Gasteiger partial charge in [0.2, 0.25) is 5.75 Å². The summed E-state index contributed by atoms with van der Waals surface area (Å²) in [7, 11) is 1.45. The van der Waals surface area contributed by atoms with E-state index in [-0.39, 0.29) is 17.0 Å². The van der Waals surface area contributed by atoms with Gasteiger partial charge in [-0.05, 0) is 24.3 Å². The van der Waals surface area contributed by atoms with Crippen molar-refractivity contribution in [1.82, 2.24) is 20.3 Å². The van der Waals surface area contributed by atoms with Crippen LogP contribution in [0.25, 0.3) is 5.69 Å². The Morgan fingerprint density at radius 1 is 1.28 bits per heavy atom. The second kappa shape index (κ2) is 6.79. The van der Waals surface area contributed by atoms with E-state index in [2.05, 4.69) is 15.6 Å². The van der Waals surface area contributed by atoms with E-state index in [9.17, 15) is 14.9 Å². The molecule has 1 amide bonds. The highest BCUT2D eigenvalue weighted by molar-refractivity contribution is 5.95. The molecule has 0 bridgehead atoms. The molecule has 0 radical (unpaired) electrons. The summed E-state index contributed by atoms with van der Waals surface area (Å²) in [5.74, 6) is 0.0139. The Kier molecular flexibility index (Phi) is 4.38. The summed E-state index contributed by atoms with van der Waals surface area (Å²) in [4.78, 5) is 22.3. The maximum Gasteiger partial charge on any atom is 0.312 e. The molecule has 2 aromatic carbocycles. The van der Waals surface area contributed by atoms with Gasteiger partial charge in [0.15, 0.2) is 0 Å². The van der Waals surface area contributed by atoms with Crippen LogP contribution >= 0.6 is 0 Å². The zero-order valence-electron chi connectivity index (χ0n) is 13.1. The quantitative estimate of drug-likeness (QED) is 0.564. The Balaban J connectivity index is 1.94. The number of hydrogen-bond acceptors (Lipinski definition) is 6. The van der Waals surface area contributed by atoms with Gasteiger partial charge in [0, 0.05) is 24.7 Å². The molecule has 25 heavy (non-hydrogen) atoms. The number of nitro groups is 1. The number of hydrogen-bond donors (Lipinski definition) is 1. The van der Waals surface area contributed by atoms with Crippen LogP contribution in [0.4, 0.5) is 5.69 Å². The maximum atomic E-state index is 11.6. The van der Waals surface area contributed by atoms with Gasteiger partial charge < -0.3 is 10.1 Å². The number of nitro benzene ring substituents is 1. The van der Waals surface area contributed by atoms with E-state index in [4.69, 9.17) is 4.74 Å². The van der Waals surface area contributed by atoms with Crippen LogP contribution in [0.3, 0.4) is 0 Å². The lowest BCUT2D eigenvalue weighted by molar-refractivity contribution is -0.385. The van der Waals surface area contributed by atoms with E-state index in [1.807, 2.05) is 0 Å². The average Bonchev–Trinajstić information content (AvgIpc) is 3.16. The molecule has 1 N–H and O–H groups in total. The first-order chi connectivity index (χ1) is 12.1. The summed E-state index contributed by atoms with van der Waals surface area (Å²) in [6.45, 7) is 0. The zero-order valence-corrected chi connectivity index (χ0v) is 13.1. The third kappa shape index (κ3) is 3.44. The van der Waals surface area contributed by atoms with Crippen LogP contribution in [0, 0.1) is 10.1 Å². The molecule has 9 nitrogen and oxygen atoms in total. The highest BCUT2D eigenvalue weighted by Gasteiger charge is 2.19. The highest BCUT2D eigenvalue weighted by atomic mass is 16.6. The van der Waals surface area contributed by atoms with Crippen LogP contribution < -0.4 is 10.1 Å². The van der Waals surface area contributed by atoms with E-state index in [1.54, 1.807) is 30.5 Å². The molecule has 0 saturated heterocycles. The summed E-state index contributed by atoms with van der Waals surface area (Å²) < 4.78 is 7.18. The molecule has 1 heterocycles. The van der Waals surface area contributed by atoms with Crippen LogP contribution in [-0.2, 0) is 0 Å². The summed E-state index contributed by atoms with van der Waals surface area (Å²) in [6.07, 6.45) is 3.20. The van der Waals surface area contributed by atoms with Crippen LogP contribution in [0.1, 0.15) is 10.4 Å². The summed E-state index contributed by atoms with van der Waals surface area (Å²) in [5.41, 5.74) is 0.574. The fourth-order valence-electron chi connectivity index (χ4n) is 2.19. The van der Waals surface area contributed by atoms with Crippen molar-refractivity contribution in [2.24, 2.45) is 0 Å². The van der Waals surface area contributed by atoms with Gasteiger partial charge >= 0.3 is 5.69 Å². The number of nitrogens with one attached hydrogen (secondary N) is 1. The molecule has 0 fully saturated rings. The van der Waals surface area contributed by atoms with Crippen molar-refractivity contribution in [3.05, 3.63) is 70.5 Å². The first kappa shape index (κ1) is 16.1. The minimum atomic E-state index is -0.594. The normalized spacial score (nSPS) is 10.3. The number of carbonyl (C=O) groups is 1. The van der Waals surface area contributed by atoms with Crippen molar-refractivity contribution in [3.63, 3.8) is 0 Å². The molecule has 0 aliphatic heterocycles. The number of rotatable bonds is 5. The third-order valence-electron chi connectivity index (χ3n) is 3.38. The van der Waals surface area contributed by atoms with E-state index in [1.165, 1.54) is 36.1 Å². The molecular formula is C16H13N5O4. The van der Waals surface area contributed by atoms with Crippen molar-refractivity contribution >= 4 is 11.6 Å². The Bertz CT molecular complexity index is 924. The van der Waals surface area contributed by atoms with Gasteiger partial charge in [0.05, 0.1) is 23.0 Å². The first-order valence-corrected chi connectivity index (χ1v) is 7.23. The Morgan fingerprint density at radius 2 is 2.12 bits per heavy atom. The van der Waals surface area contributed by atoms with E-state index in [0.29, 0.717) is 11.4 Å². The Hall–Kier alpha value is -3.75. The molecular weight excluding hydrogens is 326 g/mol. The monoisotopic (exact) mass is 339 g/mol. The lowest BCUT2D eigenvalue weighted by Crippen LogP contribution is -2.17. The highest BCUT2D eigenvalue weighted by Crippen LogP contribution is 2.32. The smallest absolute Gasteiger partial charge is 0.312 e. The molecule has 3 aromatic rings. The summed E-state index contributed by atoms with van der Waals surface area (Å²) in [6, 6.07) is 10.9. The van der Waals surface area contributed by atoms with Gasteiger partial charge in [-0.1, -0.05) is 11.3 Å². The molecule has 0 atom stereocenters. The van der Waals surface area contributed by atoms with Gasteiger partial charge in [0.1, 0.15) is 5.75 Å². The van der Waals surface area contributed by atoms with Gasteiger partial charge in [-0.15, -0.1) is 5.10 Å². The molecule has 0 aliphatic carbocycles. The second-order valence-corrected chi connectivity index (χ2v) is 4.97. The molecule has 9 heteroatoms. The standard InChI is InChI=1S/C16H13N5O4/c1-17-16(22)11-5-6-15(14(9-11)21(23)24)25-13-4-2-3-12(10-13)20-8-7-18-19-20/h2-10H,1H3,(H,17,22). The van der Waals surface area contributed by atoms with Gasteiger partial charge in [-0.3, -0.25) is 14.9 Å². The number of nitrogens with zero attached hydrogens (tertiary/aromatic N) is 4. The zero-order chi connectivity index (χ0) is 17.8. The lowest BCUT2D eigenvalue weighted by Gasteiger charge is -2.09. The topological polar surface area (TPSA) is 112 Å². The first-order valence-electron chi connectivity index (χ1n) is 7.23. The molecule has 0 aliphatic rings. The summed E-state index contributed by atoms with van der Waals surface area (Å²) in [5, 5.41) is 21.3. The van der Waals surface area contributed by atoms with Crippen LogP contribution in [0.2, 0.25) is 0 Å². The number of aromatic nitrogens is 3. The fraction of sp³-hybridized carbons (Fsp3) is 0.0625. The molecule has 3 rings (SSSR count). The predicted molar refractivity (Wildman–Crippen MR) is 87.9 cm³/mol. The number of ether oxygens (including phenoxy) is 1. The molecule has 0 spiro atoms. The molecule has 0 unspecified atom stereocenters. The van der Waals surface area contributed by atoms with Crippen molar-refractivity contribution in [2.45, 2.75) is 0 Å². The third-order valence-corrected chi connectivity index (χ3v) is 3.38. The van der Waals surface area contributed by atoms with Crippen molar-refractivity contribution in [1.29, 1.82) is 0 Å². The van der Waals surface area contributed by atoms with Crippen LogP contribution in [0.5, 0.6) is 11.5 Å². The minimum absolute atomic E-state index is 0.0355. The SMILES string of the molecule is CNC(=O)c1ccc(Oc2cccc(-n3ccnn3)c2)c([N+](=O)[O-])c1. The Morgan fingerprint density at radius 3 is 2.80 bits per heavy atom. The molecule has 1 aromatic heterocycles. The van der Waals surface area contributed by atoms with E-state index >= 15 is 0 Å². The number of amides is 1. The van der Waals surface area contributed by atoms with Crippen molar-refractivity contribution in [2.75, 3.05) is 7.05 Å². The van der Waals surface area contributed by atoms with Crippen LogP contribution in [-0.4, -0.2) is 32.9 Å². The average molecular weight is 339 g/mol. The van der Waals surface area contributed by atoms with Crippen molar-refractivity contribution in [3.8, 4) is 17.2 Å². The predicted octanol–water partition coefficient (Wildman–Crippen LogP) is 2.33. The Labute approximate surface area is 142 Å². The molecule has 0 saturated carbocycles. The largest absolute Gasteiger partial charge is 0.450 e. The van der Waals surface area contributed by atoms with Gasteiger partial charge in [-0.25, -0.2) is 4.68 Å². The minimum Gasteiger partial charge on any atom is -0.450 e. The maximum absolute atomic E-state index is 11.6. The summed E-state index contributed by atoms with van der Waals surface area (Å²) >= 11 is 0. The number of benzene rings is 2. The lowest BCUT2D eigenvalue weighted by atomic mass is 10.1. The second-order valence-electron chi connectivity index (χ2n) is 4.97. The molecule has 126 valence electrons. The van der Waals surface area contributed by atoms with E-state index < -0.39 is 10.8 Å². The van der Waals surface area contributed by atoms with Gasteiger partial charge in [-0.2, -0.15) is 0 Å².